The molecule has 4 aliphatic rings. The second-order valence-electron chi connectivity index (χ2n) is 11.2. The lowest BCUT2D eigenvalue weighted by molar-refractivity contribution is -0.147. The molecule has 1 unspecified atom stereocenters. The van der Waals surface area contributed by atoms with Crippen LogP contribution in [-0.2, 0) is 19.1 Å². The molecule has 3 amide bonds. The minimum Gasteiger partial charge on any atom is -0.394 e. The Morgan fingerprint density at radius 1 is 0.950 bits per heavy atom. The maximum Gasteiger partial charge on any atom is 0.253 e. The van der Waals surface area contributed by atoms with Crippen LogP contribution in [0.1, 0.15) is 19.4 Å². The Morgan fingerprint density at radius 2 is 1.65 bits per heavy atom. The van der Waals surface area contributed by atoms with Crippen molar-refractivity contribution < 1.29 is 24.2 Å². The van der Waals surface area contributed by atoms with Crippen molar-refractivity contribution in [3.05, 3.63) is 83.4 Å². The molecule has 6 rings (SSSR count). The van der Waals surface area contributed by atoms with E-state index in [9.17, 15) is 19.5 Å². The zero-order valence-corrected chi connectivity index (χ0v) is 23.4. The van der Waals surface area contributed by atoms with Gasteiger partial charge in [0.2, 0.25) is 11.8 Å². The fourth-order valence-electron chi connectivity index (χ4n) is 7.03. The Morgan fingerprint density at radius 3 is 2.35 bits per heavy atom. The molecule has 2 fully saturated rings. The van der Waals surface area contributed by atoms with E-state index in [0.717, 1.165) is 11.3 Å². The standard InChI is InChI=1S/C31H32ClN3O5/c1-19-10-7-13-22(32)25(19)34-17-9-15-31-24(28(38)35(20(2)18-36)26(31)29(34)39)23-27(37)33(21-11-5-4-6-12-21)16-8-14-30(23,3)40-31/h4-15,20,23-24,26,36H,16-18H2,1-3H3/t20-,23-,24+,26?,30+,31+/m1/s1. The summed E-state index contributed by atoms with van der Waals surface area (Å²) in [6.45, 7) is 5.59. The smallest absolute Gasteiger partial charge is 0.253 e. The molecule has 40 heavy (non-hydrogen) atoms. The molecule has 0 saturated carbocycles. The van der Waals surface area contributed by atoms with Crippen LogP contribution in [0, 0.1) is 18.8 Å². The van der Waals surface area contributed by atoms with Gasteiger partial charge in [0, 0.05) is 18.8 Å². The van der Waals surface area contributed by atoms with Gasteiger partial charge in [-0.05, 0) is 44.5 Å². The van der Waals surface area contributed by atoms with Crippen LogP contribution in [0.4, 0.5) is 11.4 Å². The number of carbonyl (C=O) groups excluding carboxylic acids is 3. The maximum atomic E-state index is 14.5. The molecule has 6 atom stereocenters. The third-order valence-electron chi connectivity index (χ3n) is 8.76. The first-order valence-electron chi connectivity index (χ1n) is 13.6. The molecule has 0 bridgehead atoms. The number of halogens is 1. The summed E-state index contributed by atoms with van der Waals surface area (Å²) in [6.07, 6.45) is 7.36. The summed E-state index contributed by atoms with van der Waals surface area (Å²) in [5.74, 6) is -2.84. The van der Waals surface area contributed by atoms with Crippen LogP contribution in [0.2, 0.25) is 5.02 Å². The molecule has 8 nitrogen and oxygen atoms in total. The first-order valence-corrected chi connectivity index (χ1v) is 13.9. The molecule has 4 heterocycles. The lowest BCUT2D eigenvalue weighted by Crippen LogP contribution is -2.58. The van der Waals surface area contributed by atoms with E-state index in [1.54, 1.807) is 28.9 Å². The van der Waals surface area contributed by atoms with Crippen molar-refractivity contribution in [2.24, 2.45) is 11.8 Å². The Labute approximate surface area is 238 Å². The molecule has 0 aromatic heterocycles. The Balaban J connectivity index is 1.51. The van der Waals surface area contributed by atoms with E-state index in [1.807, 2.05) is 74.5 Å². The summed E-state index contributed by atoms with van der Waals surface area (Å²) in [5, 5.41) is 10.6. The number of ether oxygens (including phenoxy) is 1. The molecular weight excluding hydrogens is 530 g/mol. The van der Waals surface area contributed by atoms with Gasteiger partial charge < -0.3 is 24.5 Å². The SMILES string of the molecule is Cc1cccc(Cl)c1N1CC=C[C@]23O[C@@]4(C)C=CCN(c5ccccc5)C(=O)[C@H]4[C@H]2C(=O)N([C@H](C)CO)C3C1=O. The average Bonchev–Trinajstić information content (AvgIpc) is 3.21. The highest BCUT2D eigenvalue weighted by Gasteiger charge is 2.75. The molecule has 4 aliphatic heterocycles. The molecule has 1 spiro atoms. The van der Waals surface area contributed by atoms with Crippen molar-refractivity contribution in [2.45, 2.75) is 44.1 Å². The number of rotatable bonds is 4. The summed E-state index contributed by atoms with van der Waals surface area (Å²) < 4.78 is 6.85. The molecule has 2 saturated heterocycles. The number of hydrogen-bond acceptors (Lipinski definition) is 5. The monoisotopic (exact) mass is 561 g/mol. The van der Waals surface area contributed by atoms with Gasteiger partial charge in [0.05, 0.1) is 40.8 Å². The van der Waals surface area contributed by atoms with Gasteiger partial charge in [-0.2, -0.15) is 0 Å². The number of anilines is 2. The van der Waals surface area contributed by atoms with Crippen molar-refractivity contribution in [1.82, 2.24) is 4.90 Å². The molecule has 1 N–H and O–H groups in total. The Bertz CT molecular complexity index is 1420. The summed E-state index contributed by atoms with van der Waals surface area (Å²) in [5.41, 5.74) is -0.450. The highest BCUT2D eigenvalue weighted by molar-refractivity contribution is 6.34. The topological polar surface area (TPSA) is 90.4 Å². The molecule has 0 aliphatic carbocycles. The largest absolute Gasteiger partial charge is 0.394 e. The van der Waals surface area contributed by atoms with Crippen LogP contribution in [0.3, 0.4) is 0 Å². The van der Waals surface area contributed by atoms with Crippen molar-refractivity contribution in [1.29, 1.82) is 0 Å². The van der Waals surface area contributed by atoms with Gasteiger partial charge in [0.25, 0.3) is 5.91 Å². The number of nitrogens with zero attached hydrogens (tertiary/aromatic N) is 3. The first-order chi connectivity index (χ1) is 19.1. The van der Waals surface area contributed by atoms with Crippen LogP contribution in [0.5, 0.6) is 0 Å². The van der Waals surface area contributed by atoms with Gasteiger partial charge in [0.1, 0.15) is 11.6 Å². The van der Waals surface area contributed by atoms with Crippen LogP contribution in [-0.4, -0.2) is 70.7 Å². The van der Waals surface area contributed by atoms with Crippen LogP contribution >= 0.6 is 11.6 Å². The van der Waals surface area contributed by atoms with Crippen molar-refractivity contribution in [2.75, 3.05) is 29.5 Å². The number of benzene rings is 2. The quantitative estimate of drug-likeness (QED) is 0.577. The Kier molecular flexibility index (Phi) is 6.40. The predicted molar refractivity (Wildman–Crippen MR) is 152 cm³/mol. The van der Waals surface area contributed by atoms with Gasteiger partial charge in [-0.15, -0.1) is 0 Å². The van der Waals surface area contributed by atoms with Gasteiger partial charge in [-0.1, -0.05) is 66.2 Å². The molecular formula is C31H32ClN3O5. The summed E-state index contributed by atoms with van der Waals surface area (Å²) >= 11 is 6.59. The van der Waals surface area contributed by atoms with Crippen LogP contribution < -0.4 is 9.80 Å². The molecule has 9 heteroatoms. The number of amides is 3. The van der Waals surface area contributed by atoms with E-state index in [4.69, 9.17) is 16.3 Å². The number of likely N-dealkylation sites (tertiary alicyclic amines) is 1. The fourth-order valence-corrected chi connectivity index (χ4v) is 7.35. The Hall–Kier alpha value is -3.46. The number of para-hydroxylation sites is 2. The number of aliphatic hydroxyl groups excluding tert-OH is 1. The number of fused-ring (bicyclic) bond motifs is 2. The third-order valence-corrected chi connectivity index (χ3v) is 9.07. The predicted octanol–water partition coefficient (Wildman–Crippen LogP) is 3.51. The minimum absolute atomic E-state index is 0.217. The van der Waals surface area contributed by atoms with Gasteiger partial charge in [-0.3, -0.25) is 14.4 Å². The lowest BCUT2D eigenvalue weighted by Gasteiger charge is -2.39. The first kappa shape index (κ1) is 26.7. The highest BCUT2D eigenvalue weighted by Crippen LogP contribution is 2.58. The average molecular weight is 562 g/mol. The summed E-state index contributed by atoms with van der Waals surface area (Å²) in [6, 6.07) is 13.0. The van der Waals surface area contributed by atoms with E-state index in [-0.39, 0.29) is 30.9 Å². The maximum absolute atomic E-state index is 14.5. The van der Waals surface area contributed by atoms with E-state index < -0.39 is 35.1 Å². The van der Waals surface area contributed by atoms with Crippen molar-refractivity contribution in [3.63, 3.8) is 0 Å². The zero-order chi connectivity index (χ0) is 28.4. The van der Waals surface area contributed by atoms with E-state index in [2.05, 4.69) is 0 Å². The molecule has 2 aromatic rings. The van der Waals surface area contributed by atoms with Gasteiger partial charge >= 0.3 is 0 Å². The van der Waals surface area contributed by atoms with Crippen LogP contribution in [0.15, 0.2) is 72.8 Å². The van der Waals surface area contributed by atoms with Crippen molar-refractivity contribution >= 4 is 40.7 Å². The van der Waals surface area contributed by atoms with Crippen LogP contribution in [0.25, 0.3) is 0 Å². The van der Waals surface area contributed by atoms with E-state index in [0.29, 0.717) is 17.3 Å². The molecule has 0 radical (unpaired) electrons. The number of aliphatic hydroxyl groups is 1. The highest BCUT2D eigenvalue weighted by atomic mass is 35.5. The molecule has 208 valence electrons. The number of aryl methyl sites for hydroxylation is 1. The van der Waals surface area contributed by atoms with E-state index >= 15 is 0 Å². The zero-order valence-electron chi connectivity index (χ0n) is 22.7. The van der Waals surface area contributed by atoms with Gasteiger partial charge in [0.15, 0.2) is 0 Å². The lowest BCUT2D eigenvalue weighted by atomic mass is 9.74. The normalized spacial score (nSPS) is 32.1. The summed E-state index contributed by atoms with van der Waals surface area (Å²) in [7, 11) is 0. The third kappa shape index (κ3) is 3.70. The molecule has 2 aromatic carbocycles. The fraction of sp³-hybridized carbons (Fsp3) is 0.387. The second-order valence-corrected chi connectivity index (χ2v) is 11.6. The number of hydrogen-bond donors (Lipinski definition) is 1. The number of carbonyl (C=O) groups is 3. The second kappa shape index (κ2) is 9.58. The van der Waals surface area contributed by atoms with Crippen molar-refractivity contribution in [3.8, 4) is 0 Å². The van der Waals surface area contributed by atoms with Gasteiger partial charge in [-0.25, -0.2) is 0 Å². The summed E-state index contributed by atoms with van der Waals surface area (Å²) in [4.78, 5) is 47.9. The van der Waals surface area contributed by atoms with E-state index in [1.165, 1.54) is 4.90 Å². The minimum atomic E-state index is -1.42.